The Labute approximate surface area is 89.6 Å². The van der Waals surface area contributed by atoms with Crippen molar-refractivity contribution in [2.24, 2.45) is 0 Å². The summed E-state index contributed by atoms with van der Waals surface area (Å²) in [4.78, 5) is 2.37. The van der Waals surface area contributed by atoms with Crippen LogP contribution in [0.3, 0.4) is 0 Å². The highest BCUT2D eigenvalue weighted by molar-refractivity contribution is 4.53. The molecule has 3 nitrogen and oxygen atoms in total. The van der Waals surface area contributed by atoms with Crippen LogP contribution in [0.1, 0.15) is 33.6 Å². The molecule has 0 aromatic rings. The van der Waals surface area contributed by atoms with Gasteiger partial charge in [0.2, 0.25) is 0 Å². The van der Waals surface area contributed by atoms with E-state index >= 15 is 0 Å². The minimum atomic E-state index is 1.04. The predicted molar refractivity (Wildman–Crippen MR) is 63.1 cm³/mol. The first-order valence-corrected chi connectivity index (χ1v) is 5.80. The van der Waals surface area contributed by atoms with Crippen LogP contribution < -0.4 is 0 Å². The van der Waals surface area contributed by atoms with Gasteiger partial charge in [0, 0.05) is 20.1 Å². The van der Waals surface area contributed by atoms with Crippen LogP contribution in [0, 0.1) is 0 Å². The van der Waals surface area contributed by atoms with Gasteiger partial charge in [0.15, 0.2) is 0 Å². The minimum absolute atomic E-state index is 1.04. The SMILES string of the molecule is CCCN(C)CN(CC)N(C)CCC. The minimum Gasteiger partial charge on any atom is -0.292 e. The second kappa shape index (κ2) is 8.21. The fourth-order valence-corrected chi connectivity index (χ4v) is 1.65. The second-order valence-corrected chi connectivity index (χ2v) is 3.93. The molecular weight excluding hydrogens is 174 g/mol. The molecule has 0 saturated heterocycles. The van der Waals surface area contributed by atoms with E-state index in [1.807, 2.05) is 0 Å². The van der Waals surface area contributed by atoms with Gasteiger partial charge >= 0.3 is 0 Å². The Morgan fingerprint density at radius 2 is 1.43 bits per heavy atom. The summed E-state index contributed by atoms with van der Waals surface area (Å²) in [6.45, 7) is 11.1. The molecule has 86 valence electrons. The van der Waals surface area contributed by atoms with E-state index in [-0.39, 0.29) is 0 Å². The fourth-order valence-electron chi connectivity index (χ4n) is 1.65. The summed E-state index contributed by atoms with van der Waals surface area (Å²) in [6.07, 6.45) is 2.44. The van der Waals surface area contributed by atoms with Crippen LogP contribution in [-0.4, -0.2) is 55.3 Å². The Bertz CT molecular complexity index is 128. The van der Waals surface area contributed by atoms with Gasteiger partial charge in [-0.2, -0.15) is 0 Å². The van der Waals surface area contributed by atoms with E-state index in [0.717, 1.165) is 19.8 Å². The van der Waals surface area contributed by atoms with Crippen molar-refractivity contribution in [2.75, 3.05) is 40.4 Å². The topological polar surface area (TPSA) is 9.72 Å². The molecule has 0 bridgehead atoms. The van der Waals surface area contributed by atoms with Gasteiger partial charge in [-0.25, -0.2) is 10.0 Å². The molecule has 0 atom stereocenters. The largest absolute Gasteiger partial charge is 0.292 e. The highest BCUT2D eigenvalue weighted by Gasteiger charge is 2.09. The van der Waals surface area contributed by atoms with Crippen LogP contribution in [0.2, 0.25) is 0 Å². The lowest BCUT2D eigenvalue weighted by molar-refractivity contribution is -0.0344. The molecule has 0 spiro atoms. The molecule has 0 rings (SSSR count). The summed E-state index contributed by atoms with van der Waals surface area (Å²) in [5, 5.41) is 4.71. The van der Waals surface area contributed by atoms with Crippen molar-refractivity contribution in [2.45, 2.75) is 33.6 Å². The molecule has 0 saturated carbocycles. The highest BCUT2D eigenvalue weighted by Crippen LogP contribution is 1.98. The third-order valence-electron chi connectivity index (χ3n) is 2.41. The van der Waals surface area contributed by atoms with E-state index in [1.165, 1.54) is 19.4 Å². The number of hydrogen-bond acceptors (Lipinski definition) is 3. The first kappa shape index (κ1) is 13.9. The zero-order valence-electron chi connectivity index (χ0n) is 10.6. The third kappa shape index (κ3) is 5.58. The summed E-state index contributed by atoms with van der Waals surface area (Å²) >= 11 is 0. The first-order valence-electron chi connectivity index (χ1n) is 5.80. The van der Waals surface area contributed by atoms with Crippen LogP contribution in [0.4, 0.5) is 0 Å². The summed E-state index contributed by atoms with van der Waals surface area (Å²) in [5.74, 6) is 0. The molecule has 0 fully saturated rings. The summed E-state index contributed by atoms with van der Waals surface area (Å²) in [6, 6.07) is 0. The molecule has 0 amide bonds. The van der Waals surface area contributed by atoms with E-state index in [2.05, 4.69) is 49.8 Å². The molecule has 14 heavy (non-hydrogen) atoms. The van der Waals surface area contributed by atoms with Crippen LogP contribution in [0.25, 0.3) is 0 Å². The average molecular weight is 201 g/mol. The fraction of sp³-hybridized carbons (Fsp3) is 1.00. The Hall–Kier alpha value is -0.120. The van der Waals surface area contributed by atoms with Gasteiger partial charge in [0.05, 0.1) is 6.67 Å². The smallest absolute Gasteiger partial charge is 0.0645 e. The lowest BCUT2D eigenvalue weighted by atomic mass is 10.4. The van der Waals surface area contributed by atoms with Crippen molar-refractivity contribution >= 4 is 0 Å². The molecule has 0 N–H and O–H groups in total. The second-order valence-electron chi connectivity index (χ2n) is 3.93. The van der Waals surface area contributed by atoms with Crippen molar-refractivity contribution in [1.82, 2.24) is 14.9 Å². The lowest BCUT2D eigenvalue weighted by Gasteiger charge is -2.34. The van der Waals surface area contributed by atoms with Crippen molar-refractivity contribution in [3.05, 3.63) is 0 Å². The van der Waals surface area contributed by atoms with Crippen LogP contribution in [-0.2, 0) is 0 Å². The number of hydrogen-bond donors (Lipinski definition) is 0. The Morgan fingerprint density at radius 1 is 0.857 bits per heavy atom. The molecule has 0 aromatic carbocycles. The monoisotopic (exact) mass is 201 g/mol. The molecule has 0 heterocycles. The van der Waals surface area contributed by atoms with E-state index in [0.29, 0.717) is 0 Å². The zero-order valence-corrected chi connectivity index (χ0v) is 10.6. The third-order valence-corrected chi connectivity index (χ3v) is 2.41. The first-order chi connectivity index (χ1) is 6.65. The maximum absolute atomic E-state index is 2.39. The number of hydrazine groups is 1. The average Bonchev–Trinajstić information content (AvgIpc) is 2.15. The van der Waals surface area contributed by atoms with E-state index < -0.39 is 0 Å². The van der Waals surface area contributed by atoms with Crippen molar-refractivity contribution < 1.29 is 0 Å². The van der Waals surface area contributed by atoms with Gasteiger partial charge in [0.1, 0.15) is 0 Å². The molecule has 0 aliphatic rings. The van der Waals surface area contributed by atoms with Crippen LogP contribution >= 0.6 is 0 Å². The molecular formula is C11H27N3. The molecule has 0 aliphatic carbocycles. The van der Waals surface area contributed by atoms with E-state index in [9.17, 15) is 0 Å². The molecule has 0 unspecified atom stereocenters. The summed E-state index contributed by atoms with van der Waals surface area (Å²) in [5.41, 5.74) is 0. The quantitative estimate of drug-likeness (QED) is 0.438. The van der Waals surface area contributed by atoms with Crippen molar-refractivity contribution in [1.29, 1.82) is 0 Å². The van der Waals surface area contributed by atoms with Gasteiger partial charge in [-0.3, -0.25) is 4.90 Å². The molecule has 0 radical (unpaired) electrons. The van der Waals surface area contributed by atoms with Gasteiger partial charge in [-0.15, -0.1) is 0 Å². The van der Waals surface area contributed by atoms with Crippen LogP contribution in [0.15, 0.2) is 0 Å². The van der Waals surface area contributed by atoms with Crippen molar-refractivity contribution in [3.63, 3.8) is 0 Å². The van der Waals surface area contributed by atoms with Crippen LogP contribution in [0.5, 0.6) is 0 Å². The van der Waals surface area contributed by atoms with Gasteiger partial charge < -0.3 is 0 Å². The van der Waals surface area contributed by atoms with Gasteiger partial charge in [-0.1, -0.05) is 20.8 Å². The maximum Gasteiger partial charge on any atom is 0.0645 e. The van der Waals surface area contributed by atoms with Gasteiger partial charge in [-0.05, 0) is 26.4 Å². The van der Waals surface area contributed by atoms with E-state index in [4.69, 9.17) is 0 Å². The highest BCUT2D eigenvalue weighted by atomic mass is 15.6. The number of nitrogens with zero attached hydrogens (tertiary/aromatic N) is 3. The number of rotatable bonds is 8. The zero-order chi connectivity index (χ0) is 11.0. The van der Waals surface area contributed by atoms with Crippen molar-refractivity contribution in [3.8, 4) is 0 Å². The maximum atomic E-state index is 2.39. The normalized spacial score (nSPS) is 12.0. The molecule has 0 aromatic heterocycles. The predicted octanol–water partition coefficient (Wildman–Crippen LogP) is 1.86. The Kier molecular flexibility index (Phi) is 8.14. The summed E-state index contributed by atoms with van der Waals surface area (Å²) < 4.78 is 0. The summed E-state index contributed by atoms with van der Waals surface area (Å²) in [7, 11) is 4.36. The van der Waals surface area contributed by atoms with Gasteiger partial charge in [0.25, 0.3) is 0 Å². The Morgan fingerprint density at radius 3 is 1.86 bits per heavy atom. The lowest BCUT2D eigenvalue weighted by Crippen LogP contribution is -2.46. The Balaban J connectivity index is 3.87. The molecule has 0 aliphatic heterocycles. The molecule has 3 heteroatoms. The van der Waals surface area contributed by atoms with E-state index in [1.54, 1.807) is 0 Å². The standard InChI is InChI=1S/C11H27N3/c1-6-9-12(4)11-14(8-3)13(5)10-7-2/h6-11H2,1-5H3.